The lowest BCUT2D eigenvalue weighted by molar-refractivity contribution is -0.303. The summed E-state index contributed by atoms with van der Waals surface area (Å²) in [6.45, 7) is 23.5. The minimum atomic E-state index is -2.40. The molecule has 0 radical (unpaired) electrons. The number of hydrogen-bond acceptors (Lipinski definition) is 13. The van der Waals surface area contributed by atoms with E-state index in [2.05, 4.69) is 20.8 Å². The number of carbonyl (C=O) groups excluding carboxylic acids is 4. The van der Waals surface area contributed by atoms with Crippen LogP contribution in [-0.4, -0.2) is 137 Å². The molecule has 0 bridgehead atoms. The van der Waals surface area contributed by atoms with Gasteiger partial charge in [0.15, 0.2) is 26.3 Å². The third-order valence-corrected chi connectivity index (χ3v) is 18.9. The minimum absolute atomic E-state index is 0.0298. The van der Waals surface area contributed by atoms with Gasteiger partial charge in [0, 0.05) is 43.7 Å². The maximum Gasteiger partial charge on any atom is 0.324 e. The molecule has 322 valence electrons. The summed E-state index contributed by atoms with van der Waals surface area (Å²) in [7, 11) is 4.95. The number of rotatable bonds is 11. The summed E-state index contributed by atoms with van der Waals surface area (Å²) >= 11 is 0. The molecule has 0 N–H and O–H groups in total. The van der Waals surface area contributed by atoms with E-state index in [4.69, 9.17) is 32.8 Å². The van der Waals surface area contributed by atoms with E-state index in [0.717, 1.165) is 18.1 Å². The molecule has 0 saturated carbocycles. The molecule has 4 saturated heterocycles. The summed E-state index contributed by atoms with van der Waals surface area (Å²) in [5.41, 5.74) is -3.41. The van der Waals surface area contributed by atoms with Crippen LogP contribution in [0.4, 0.5) is 0 Å². The number of cyclic esters (lactones) is 1. The van der Waals surface area contributed by atoms with Crippen LogP contribution in [0.15, 0.2) is 0 Å². The predicted octanol–water partition coefficient (Wildman–Crippen LogP) is 5.62. The first-order chi connectivity index (χ1) is 26.0. The fourth-order valence-electron chi connectivity index (χ4n) is 11.0. The Morgan fingerprint density at radius 2 is 1.57 bits per heavy atom. The zero-order valence-electron chi connectivity index (χ0n) is 37.3. The van der Waals surface area contributed by atoms with Crippen molar-refractivity contribution < 1.29 is 52.0 Å². The van der Waals surface area contributed by atoms with E-state index in [-0.39, 0.29) is 24.3 Å². The van der Waals surface area contributed by atoms with Crippen LogP contribution in [0.25, 0.3) is 0 Å². The molecular weight excluding hydrogens is 737 g/mol. The highest BCUT2D eigenvalue weighted by Gasteiger charge is 2.70. The van der Waals surface area contributed by atoms with Gasteiger partial charge in [-0.05, 0) is 86.2 Å². The van der Waals surface area contributed by atoms with Crippen molar-refractivity contribution >= 4 is 32.0 Å². The summed E-state index contributed by atoms with van der Waals surface area (Å²) in [6, 6.07) is 1.64. The molecule has 4 heterocycles. The second-order valence-electron chi connectivity index (χ2n) is 18.4. The topological polar surface area (TPSA) is 139 Å². The Morgan fingerprint density at radius 1 is 0.964 bits per heavy atom. The van der Waals surface area contributed by atoms with Gasteiger partial charge in [-0.2, -0.15) is 0 Å². The van der Waals surface area contributed by atoms with Crippen molar-refractivity contribution in [1.29, 1.82) is 0 Å². The first kappa shape index (κ1) is 46.7. The number of nitrogens with zero attached hydrogens (tertiary/aromatic N) is 2. The summed E-state index contributed by atoms with van der Waals surface area (Å²) < 4.78 is 46.3. The summed E-state index contributed by atoms with van der Waals surface area (Å²) in [6.07, 6.45) is -3.09. The average Bonchev–Trinajstić information content (AvgIpc) is 3.60. The Labute approximate surface area is 337 Å². The zero-order valence-corrected chi connectivity index (χ0v) is 38.3. The van der Waals surface area contributed by atoms with Crippen LogP contribution >= 0.6 is 0 Å². The van der Waals surface area contributed by atoms with Gasteiger partial charge in [0.2, 0.25) is 0 Å². The van der Waals surface area contributed by atoms with Gasteiger partial charge in [-0.3, -0.25) is 24.1 Å². The molecule has 14 heteroatoms. The summed E-state index contributed by atoms with van der Waals surface area (Å²) in [4.78, 5) is 60.1. The zero-order chi connectivity index (χ0) is 42.3. The van der Waals surface area contributed by atoms with Gasteiger partial charge in [0.05, 0.1) is 35.9 Å². The first-order valence-electron chi connectivity index (χ1n) is 21.1. The lowest BCUT2D eigenvalue weighted by Gasteiger charge is -2.50. The molecule has 4 aliphatic heterocycles. The molecule has 15 atom stereocenters. The van der Waals surface area contributed by atoms with Crippen molar-refractivity contribution in [3.05, 3.63) is 0 Å². The van der Waals surface area contributed by atoms with Gasteiger partial charge in [-0.25, -0.2) is 0 Å². The van der Waals surface area contributed by atoms with Gasteiger partial charge < -0.3 is 37.7 Å². The number of methoxy groups -OCH3 is 1. The molecule has 4 fully saturated rings. The Kier molecular flexibility index (Phi) is 14.8. The van der Waals surface area contributed by atoms with Crippen LogP contribution in [0.5, 0.6) is 0 Å². The van der Waals surface area contributed by atoms with Crippen molar-refractivity contribution in [1.82, 2.24) is 9.80 Å². The Hall–Kier alpha value is -1.94. The smallest absolute Gasteiger partial charge is 0.324 e. The highest BCUT2D eigenvalue weighted by molar-refractivity contribution is 6.73. The number of esters is 3. The number of ketones is 1. The quantitative estimate of drug-likeness (QED) is 0.145. The molecule has 0 amide bonds. The van der Waals surface area contributed by atoms with Gasteiger partial charge in [-0.15, -0.1) is 0 Å². The summed E-state index contributed by atoms with van der Waals surface area (Å²) in [5.74, 6) is -3.80. The fraction of sp³-hybridized carbons (Fsp3) is 0.905. The highest BCUT2D eigenvalue weighted by atomic mass is 28.4. The van der Waals surface area contributed by atoms with E-state index in [1.807, 2.05) is 86.3 Å². The molecule has 0 aromatic carbocycles. The molecule has 13 nitrogen and oxygen atoms in total. The lowest BCUT2D eigenvalue weighted by atomic mass is 9.62. The molecule has 1 unspecified atom stereocenters. The Balaban J connectivity index is 1.96. The van der Waals surface area contributed by atoms with Crippen LogP contribution < -0.4 is 0 Å². The fourth-order valence-corrected chi connectivity index (χ4v) is 14.0. The van der Waals surface area contributed by atoms with Crippen molar-refractivity contribution in [2.75, 3.05) is 34.8 Å². The second-order valence-corrected chi connectivity index (χ2v) is 23.1. The largest absolute Gasteiger partial charge is 0.458 e. The number of likely N-dealkylation sites (tertiary alicyclic amines) is 1. The molecule has 4 aliphatic rings. The van der Waals surface area contributed by atoms with Gasteiger partial charge in [0.25, 0.3) is 0 Å². The molecule has 0 spiro atoms. The highest BCUT2D eigenvalue weighted by Crippen LogP contribution is 2.56. The molecule has 56 heavy (non-hydrogen) atoms. The molecular formula is C42H74N2O11Si. The van der Waals surface area contributed by atoms with Crippen molar-refractivity contribution in [2.24, 2.45) is 29.1 Å². The molecule has 0 aliphatic carbocycles. The number of Topliss-reactive ketones (excluding diaryl/α,β-unsaturated/α-hetero) is 1. The van der Waals surface area contributed by atoms with Gasteiger partial charge in [-0.1, -0.05) is 48.5 Å². The van der Waals surface area contributed by atoms with Crippen LogP contribution in [0.1, 0.15) is 102 Å². The third-order valence-electron chi connectivity index (χ3n) is 14.3. The van der Waals surface area contributed by atoms with E-state index in [1.165, 1.54) is 6.92 Å². The van der Waals surface area contributed by atoms with Crippen LogP contribution in [0.3, 0.4) is 0 Å². The van der Waals surface area contributed by atoms with E-state index in [1.54, 1.807) is 7.11 Å². The van der Waals surface area contributed by atoms with Gasteiger partial charge in [0.1, 0.15) is 17.9 Å². The number of likely N-dealkylation sites (N-methyl/N-ethyl adjacent to an activating group) is 2. The number of hydrogen-bond donors (Lipinski definition) is 0. The molecule has 0 aromatic heterocycles. The van der Waals surface area contributed by atoms with E-state index < -0.39 is 103 Å². The van der Waals surface area contributed by atoms with Gasteiger partial charge >= 0.3 is 17.9 Å². The SMILES string of the molecule is CCC1OC(=O)[C@H](C)[C@@H](O[Si](CC)(CC)CC)[C@H](C)[C@@H](O[C@@H]2O[C@H](C)C[C@H](N(C)C)[C@H]2OC(C)=O)[C@](C)(OC)C[C@@H](C)C(=O)[C@]2(C)CN(C)[C@@H]3C(=O)O[C@@]1(C)[C@H]32. The standard InChI is InChI=1S/C42H74N2O11Si/c1-17-30-42(12)34-31(38(48)54-42)44(15)23-40(34,10)35(46)24(5)22-41(11,49-16)36(53-39-33(51-28(9)45)29(43(13)14)21-25(6)50-39)26(7)32(27(8)37(47)52-30)55-56(18-2,19-3)20-4/h24-27,29-34,36,39H,17-23H2,1-16H3/t24-,25-,26+,27-,29+,30?,31+,32+,33-,34-,36-,39+,40-,41-,42-/m1/s1. The summed E-state index contributed by atoms with van der Waals surface area (Å²) in [5, 5.41) is 0. The number of carbonyl (C=O) groups is 4. The van der Waals surface area contributed by atoms with Crippen molar-refractivity contribution in [3.8, 4) is 0 Å². The van der Waals surface area contributed by atoms with E-state index in [9.17, 15) is 14.4 Å². The second kappa shape index (κ2) is 17.7. The predicted molar refractivity (Wildman–Crippen MR) is 214 cm³/mol. The van der Waals surface area contributed by atoms with Crippen LogP contribution in [0, 0.1) is 29.1 Å². The minimum Gasteiger partial charge on any atom is -0.458 e. The van der Waals surface area contributed by atoms with Crippen molar-refractivity contribution in [2.45, 2.75) is 181 Å². The maximum absolute atomic E-state index is 15.1. The van der Waals surface area contributed by atoms with E-state index >= 15 is 4.79 Å². The normalized spacial score (nSPS) is 42.9. The van der Waals surface area contributed by atoms with E-state index in [0.29, 0.717) is 19.4 Å². The van der Waals surface area contributed by atoms with Crippen molar-refractivity contribution in [3.63, 3.8) is 0 Å². The van der Waals surface area contributed by atoms with Crippen LogP contribution in [0.2, 0.25) is 18.1 Å². The molecule has 0 aromatic rings. The number of ether oxygens (including phenoxy) is 6. The first-order valence-corrected chi connectivity index (χ1v) is 23.6. The van der Waals surface area contributed by atoms with Crippen LogP contribution in [-0.2, 0) is 52.0 Å². The lowest BCUT2D eigenvalue weighted by Crippen LogP contribution is -2.62. The molecule has 4 rings (SSSR count). The average molecular weight is 811 g/mol. The Bertz CT molecular complexity index is 1420. The monoisotopic (exact) mass is 811 g/mol. The maximum atomic E-state index is 15.1. The Morgan fingerprint density at radius 3 is 2.09 bits per heavy atom. The third kappa shape index (κ3) is 8.54.